The largest absolute Gasteiger partial charge is 0.377 e. The number of nitrogens with zero attached hydrogens (tertiary/aromatic N) is 2. The van der Waals surface area contributed by atoms with E-state index in [1.807, 2.05) is 0 Å². The van der Waals surface area contributed by atoms with Gasteiger partial charge in [-0.3, -0.25) is 4.99 Å². The minimum atomic E-state index is 0. The van der Waals surface area contributed by atoms with Gasteiger partial charge in [-0.25, -0.2) is 0 Å². The Hall–Kier alpha value is -0.120. The van der Waals surface area contributed by atoms with Gasteiger partial charge >= 0.3 is 0 Å². The summed E-state index contributed by atoms with van der Waals surface area (Å²) in [7, 11) is 0. The molecule has 0 aromatic rings. The molecule has 7 heteroatoms. The van der Waals surface area contributed by atoms with Crippen molar-refractivity contribution < 1.29 is 9.47 Å². The summed E-state index contributed by atoms with van der Waals surface area (Å²) >= 11 is 0. The maximum Gasteiger partial charge on any atom is 0.191 e. The molecule has 0 radical (unpaired) electrons. The van der Waals surface area contributed by atoms with Crippen molar-refractivity contribution in [3.05, 3.63) is 0 Å². The van der Waals surface area contributed by atoms with Crippen molar-refractivity contribution in [2.24, 2.45) is 16.3 Å². The molecule has 2 aliphatic heterocycles. The SMILES string of the molecule is CCNC(=NCC1CCCOC1C(C)(C)C)NC1CCN(CCOC(C)C)CC1.I. The van der Waals surface area contributed by atoms with E-state index in [-0.39, 0.29) is 29.4 Å². The highest BCUT2D eigenvalue weighted by atomic mass is 127. The lowest BCUT2D eigenvalue weighted by Crippen LogP contribution is -2.49. The summed E-state index contributed by atoms with van der Waals surface area (Å²) in [6.07, 6.45) is 5.28. The first kappa shape index (κ1) is 27.9. The highest BCUT2D eigenvalue weighted by molar-refractivity contribution is 14.0. The molecule has 0 aliphatic carbocycles. The molecule has 2 rings (SSSR count). The third-order valence-corrected chi connectivity index (χ3v) is 5.91. The summed E-state index contributed by atoms with van der Waals surface area (Å²) in [5.41, 5.74) is 0.165. The second-order valence-corrected chi connectivity index (χ2v) is 9.96. The van der Waals surface area contributed by atoms with Crippen molar-refractivity contribution in [3.63, 3.8) is 0 Å². The summed E-state index contributed by atoms with van der Waals surface area (Å²) in [5.74, 6) is 1.47. The Bertz CT molecular complexity index is 488. The molecule has 178 valence electrons. The van der Waals surface area contributed by atoms with E-state index in [2.05, 4.69) is 57.1 Å². The summed E-state index contributed by atoms with van der Waals surface area (Å²) in [5, 5.41) is 7.13. The molecule has 0 spiro atoms. The minimum absolute atomic E-state index is 0. The molecule has 2 fully saturated rings. The molecule has 0 bridgehead atoms. The zero-order valence-electron chi connectivity index (χ0n) is 20.2. The molecule has 2 atom stereocenters. The summed E-state index contributed by atoms with van der Waals surface area (Å²) in [6.45, 7) is 19.9. The van der Waals surface area contributed by atoms with Crippen LogP contribution < -0.4 is 10.6 Å². The van der Waals surface area contributed by atoms with Gasteiger partial charge in [0.2, 0.25) is 0 Å². The zero-order chi connectivity index (χ0) is 21.3. The topological polar surface area (TPSA) is 58.1 Å². The molecule has 0 amide bonds. The fourth-order valence-corrected chi connectivity index (χ4v) is 4.43. The molecule has 2 heterocycles. The molecule has 0 aromatic carbocycles. The molecular weight excluding hydrogens is 491 g/mol. The summed E-state index contributed by atoms with van der Waals surface area (Å²) < 4.78 is 11.8. The third-order valence-electron chi connectivity index (χ3n) is 5.91. The molecule has 0 saturated carbocycles. The monoisotopic (exact) mass is 538 g/mol. The van der Waals surface area contributed by atoms with E-state index >= 15 is 0 Å². The zero-order valence-corrected chi connectivity index (χ0v) is 22.5. The number of nitrogens with one attached hydrogen (secondary N) is 2. The fourth-order valence-electron chi connectivity index (χ4n) is 4.43. The predicted octanol–water partition coefficient (Wildman–Crippen LogP) is 3.89. The van der Waals surface area contributed by atoms with E-state index in [1.54, 1.807) is 0 Å². The van der Waals surface area contributed by atoms with Crippen LogP contribution in [0, 0.1) is 11.3 Å². The normalized spacial score (nSPS) is 24.6. The van der Waals surface area contributed by atoms with Crippen LogP contribution in [0.5, 0.6) is 0 Å². The molecule has 2 saturated heterocycles. The van der Waals surface area contributed by atoms with Crippen molar-refractivity contribution in [1.29, 1.82) is 0 Å². The lowest BCUT2D eigenvalue weighted by Gasteiger charge is -2.39. The smallest absolute Gasteiger partial charge is 0.191 e. The van der Waals surface area contributed by atoms with E-state index in [4.69, 9.17) is 14.5 Å². The second kappa shape index (κ2) is 14.1. The number of piperidine rings is 1. The van der Waals surface area contributed by atoms with Crippen LogP contribution in [0.2, 0.25) is 0 Å². The van der Waals surface area contributed by atoms with Crippen molar-refractivity contribution >= 4 is 29.9 Å². The van der Waals surface area contributed by atoms with E-state index in [9.17, 15) is 0 Å². The standard InChI is InChI=1S/C23H46N4O2.HI/c1-7-24-22(25-17-19-9-8-15-29-21(19)23(4,5)6)26-20-10-12-27(13-11-20)14-16-28-18(2)3;/h18-21H,7-17H2,1-6H3,(H2,24,25,26);1H. The molecule has 30 heavy (non-hydrogen) atoms. The third kappa shape index (κ3) is 10.0. The van der Waals surface area contributed by atoms with Crippen LogP contribution in [-0.2, 0) is 9.47 Å². The van der Waals surface area contributed by atoms with Gasteiger partial charge in [-0.05, 0) is 51.9 Å². The van der Waals surface area contributed by atoms with E-state index in [1.165, 1.54) is 6.42 Å². The quantitative estimate of drug-likeness (QED) is 0.279. The number of rotatable bonds is 8. The Balaban J connectivity index is 0.00000450. The van der Waals surface area contributed by atoms with E-state index < -0.39 is 0 Å². The van der Waals surface area contributed by atoms with Gasteiger partial charge in [0.05, 0.1) is 18.8 Å². The number of ether oxygens (including phenoxy) is 2. The number of guanidine groups is 1. The lowest BCUT2D eigenvalue weighted by molar-refractivity contribution is -0.0823. The first-order chi connectivity index (χ1) is 13.8. The van der Waals surface area contributed by atoms with Crippen LogP contribution in [0.3, 0.4) is 0 Å². The molecule has 6 nitrogen and oxygen atoms in total. The number of likely N-dealkylation sites (tertiary alicyclic amines) is 1. The van der Waals surface area contributed by atoms with Gasteiger partial charge in [0.25, 0.3) is 0 Å². The summed E-state index contributed by atoms with van der Waals surface area (Å²) in [6, 6.07) is 0.496. The average Bonchev–Trinajstić information content (AvgIpc) is 2.67. The average molecular weight is 539 g/mol. The molecule has 2 unspecified atom stereocenters. The number of halogens is 1. The maximum atomic E-state index is 6.13. The highest BCUT2D eigenvalue weighted by Crippen LogP contribution is 2.34. The summed E-state index contributed by atoms with van der Waals surface area (Å²) in [4.78, 5) is 7.48. The maximum absolute atomic E-state index is 6.13. The van der Waals surface area contributed by atoms with Gasteiger partial charge in [-0.1, -0.05) is 20.8 Å². The van der Waals surface area contributed by atoms with Gasteiger partial charge in [0, 0.05) is 51.3 Å². The Morgan fingerprint density at radius 2 is 1.90 bits per heavy atom. The van der Waals surface area contributed by atoms with Crippen LogP contribution in [-0.4, -0.2) is 75.0 Å². The predicted molar refractivity (Wildman–Crippen MR) is 137 cm³/mol. The van der Waals surface area contributed by atoms with Gasteiger partial charge < -0.3 is 25.0 Å². The second-order valence-electron chi connectivity index (χ2n) is 9.96. The fraction of sp³-hybridized carbons (Fsp3) is 0.957. The van der Waals surface area contributed by atoms with E-state index in [0.29, 0.717) is 24.2 Å². The molecule has 2 aliphatic rings. The van der Waals surface area contributed by atoms with Crippen LogP contribution in [0.1, 0.15) is 67.2 Å². The van der Waals surface area contributed by atoms with Crippen LogP contribution >= 0.6 is 24.0 Å². The minimum Gasteiger partial charge on any atom is -0.377 e. The van der Waals surface area contributed by atoms with Gasteiger partial charge in [-0.15, -0.1) is 24.0 Å². The van der Waals surface area contributed by atoms with E-state index in [0.717, 1.165) is 71.2 Å². The van der Waals surface area contributed by atoms with Gasteiger partial charge in [0.15, 0.2) is 5.96 Å². The molecule has 0 aromatic heterocycles. The Morgan fingerprint density at radius 3 is 2.50 bits per heavy atom. The van der Waals surface area contributed by atoms with Gasteiger partial charge in [-0.2, -0.15) is 0 Å². The first-order valence-corrected chi connectivity index (χ1v) is 11.8. The van der Waals surface area contributed by atoms with Crippen molar-refractivity contribution in [3.8, 4) is 0 Å². The lowest BCUT2D eigenvalue weighted by atomic mass is 9.78. The molecule has 2 N–H and O–H groups in total. The Morgan fingerprint density at radius 1 is 1.20 bits per heavy atom. The Labute approximate surface area is 202 Å². The first-order valence-electron chi connectivity index (χ1n) is 11.8. The van der Waals surface area contributed by atoms with Gasteiger partial charge in [0.1, 0.15) is 0 Å². The van der Waals surface area contributed by atoms with Crippen molar-refractivity contribution in [1.82, 2.24) is 15.5 Å². The highest BCUT2D eigenvalue weighted by Gasteiger charge is 2.35. The van der Waals surface area contributed by atoms with Crippen LogP contribution in [0.4, 0.5) is 0 Å². The van der Waals surface area contributed by atoms with Crippen molar-refractivity contribution in [2.45, 2.75) is 85.5 Å². The van der Waals surface area contributed by atoms with Crippen LogP contribution in [0.15, 0.2) is 4.99 Å². The molecular formula is C23H47IN4O2. The Kier molecular flexibility index (Phi) is 13.1. The van der Waals surface area contributed by atoms with Crippen LogP contribution in [0.25, 0.3) is 0 Å². The number of hydrogen-bond donors (Lipinski definition) is 2. The number of aliphatic imine (C=N–C) groups is 1. The number of hydrogen-bond acceptors (Lipinski definition) is 4. The van der Waals surface area contributed by atoms with Crippen molar-refractivity contribution in [2.75, 3.05) is 45.9 Å².